The predicted octanol–water partition coefficient (Wildman–Crippen LogP) is 2.59. The molecule has 0 amide bonds. The van der Waals surface area contributed by atoms with Gasteiger partial charge in [-0.2, -0.15) is 5.10 Å². The molecule has 0 aliphatic carbocycles. The van der Waals surface area contributed by atoms with Gasteiger partial charge in [-0.1, -0.05) is 30.3 Å². The zero-order chi connectivity index (χ0) is 12.9. The van der Waals surface area contributed by atoms with Gasteiger partial charge in [0, 0.05) is 25.0 Å². The van der Waals surface area contributed by atoms with E-state index in [1.807, 2.05) is 12.3 Å². The van der Waals surface area contributed by atoms with E-state index in [4.69, 9.17) is 0 Å². The van der Waals surface area contributed by atoms with E-state index in [2.05, 4.69) is 51.2 Å². The van der Waals surface area contributed by atoms with Crippen molar-refractivity contribution in [2.24, 2.45) is 0 Å². The zero-order valence-corrected chi connectivity index (χ0v) is 11.3. The summed E-state index contributed by atoms with van der Waals surface area (Å²) in [7, 11) is 0. The van der Waals surface area contributed by atoms with E-state index in [9.17, 15) is 0 Å². The molecule has 19 heavy (non-hydrogen) atoms. The van der Waals surface area contributed by atoms with Crippen molar-refractivity contribution in [2.75, 3.05) is 13.1 Å². The van der Waals surface area contributed by atoms with Crippen molar-refractivity contribution in [3.63, 3.8) is 0 Å². The van der Waals surface area contributed by atoms with Gasteiger partial charge < -0.3 is 0 Å². The van der Waals surface area contributed by atoms with Crippen LogP contribution in [-0.4, -0.2) is 33.8 Å². The van der Waals surface area contributed by atoms with Crippen LogP contribution in [0.5, 0.6) is 0 Å². The zero-order valence-electron chi connectivity index (χ0n) is 11.3. The maximum Gasteiger partial charge on any atom is 0.0564 e. The van der Waals surface area contributed by atoms with Gasteiger partial charge in [0.05, 0.1) is 6.54 Å². The molecule has 1 aliphatic rings. The van der Waals surface area contributed by atoms with Crippen LogP contribution in [0.15, 0.2) is 48.8 Å². The van der Waals surface area contributed by atoms with Crippen molar-refractivity contribution >= 4 is 0 Å². The molecule has 3 rings (SSSR count). The third-order valence-corrected chi connectivity index (χ3v) is 3.99. The molecule has 0 N–H and O–H groups in total. The van der Waals surface area contributed by atoms with E-state index in [-0.39, 0.29) is 0 Å². The highest BCUT2D eigenvalue weighted by molar-refractivity contribution is 5.14. The monoisotopic (exact) mass is 255 g/mol. The van der Waals surface area contributed by atoms with Crippen LogP contribution in [-0.2, 0) is 13.0 Å². The van der Waals surface area contributed by atoms with Gasteiger partial charge in [0.15, 0.2) is 0 Å². The standard InChI is InChI=1S/C16H21N3/c1-2-6-15(7-3-1)9-13-18-11-4-8-16(18)14-19-12-5-10-17-19/h1-3,5-7,10,12,16H,4,8-9,11,13-14H2. The maximum absolute atomic E-state index is 4.32. The molecular formula is C16H21N3. The summed E-state index contributed by atoms with van der Waals surface area (Å²) in [5, 5.41) is 4.32. The highest BCUT2D eigenvalue weighted by Crippen LogP contribution is 2.19. The van der Waals surface area contributed by atoms with Crippen molar-refractivity contribution < 1.29 is 0 Å². The van der Waals surface area contributed by atoms with Crippen LogP contribution in [0.2, 0.25) is 0 Å². The van der Waals surface area contributed by atoms with Crippen molar-refractivity contribution in [2.45, 2.75) is 31.8 Å². The molecular weight excluding hydrogens is 234 g/mol. The number of aromatic nitrogens is 2. The summed E-state index contributed by atoms with van der Waals surface area (Å²) in [5.41, 5.74) is 1.44. The van der Waals surface area contributed by atoms with Crippen LogP contribution in [0.1, 0.15) is 18.4 Å². The van der Waals surface area contributed by atoms with Gasteiger partial charge in [-0.05, 0) is 37.4 Å². The largest absolute Gasteiger partial charge is 0.298 e. The van der Waals surface area contributed by atoms with Gasteiger partial charge in [-0.15, -0.1) is 0 Å². The lowest BCUT2D eigenvalue weighted by molar-refractivity contribution is 0.230. The Kier molecular flexibility index (Phi) is 3.94. The molecule has 2 heterocycles. The smallest absolute Gasteiger partial charge is 0.0564 e. The first-order valence-electron chi connectivity index (χ1n) is 7.17. The summed E-state index contributed by atoms with van der Waals surface area (Å²) in [4.78, 5) is 2.62. The molecule has 0 saturated carbocycles. The summed E-state index contributed by atoms with van der Waals surface area (Å²) < 4.78 is 2.06. The Morgan fingerprint density at radius 2 is 2.05 bits per heavy atom. The molecule has 3 heteroatoms. The molecule has 1 aromatic carbocycles. The van der Waals surface area contributed by atoms with E-state index in [1.54, 1.807) is 0 Å². The SMILES string of the molecule is c1ccc(CCN2CCCC2Cn2cccn2)cc1. The molecule has 1 aromatic heterocycles. The molecule has 3 nitrogen and oxygen atoms in total. The lowest BCUT2D eigenvalue weighted by Crippen LogP contribution is -2.34. The van der Waals surface area contributed by atoms with Gasteiger partial charge in [0.2, 0.25) is 0 Å². The second-order valence-corrected chi connectivity index (χ2v) is 5.30. The third-order valence-electron chi connectivity index (χ3n) is 3.99. The van der Waals surface area contributed by atoms with Gasteiger partial charge in [-0.3, -0.25) is 9.58 Å². The van der Waals surface area contributed by atoms with E-state index >= 15 is 0 Å². The maximum atomic E-state index is 4.32. The van der Waals surface area contributed by atoms with Crippen LogP contribution >= 0.6 is 0 Å². The van der Waals surface area contributed by atoms with E-state index in [0.29, 0.717) is 6.04 Å². The summed E-state index contributed by atoms with van der Waals surface area (Å²) in [6, 6.07) is 13.4. The van der Waals surface area contributed by atoms with Crippen LogP contribution in [0.3, 0.4) is 0 Å². The van der Waals surface area contributed by atoms with E-state index in [0.717, 1.165) is 19.5 Å². The van der Waals surface area contributed by atoms with E-state index in [1.165, 1.54) is 24.9 Å². The first-order valence-corrected chi connectivity index (χ1v) is 7.17. The van der Waals surface area contributed by atoms with Gasteiger partial charge in [0.1, 0.15) is 0 Å². The highest BCUT2D eigenvalue weighted by atomic mass is 15.3. The predicted molar refractivity (Wildman–Crippen MR) is 77.0 cm³/mol. The minimum absolute atomic E-state index is 0.656. The molecule has 0 spiro atoms. The summed E-state index contributed by atoms with van der Waals surface area (Å²) in [6.07, 6.45) is 7.70. The van der Waals surface area contributed by atoms with Crippen molar-refractivity contribution in [3.8, 4) is 0 Å². The molecule has 1 atom stereocenters. The first kappa shape index (κ1) is 12.4. The number of likely N-dealkylation sites (tertiary alicyclic amines) is 1. The Labute approximate surface area is 114 Å². The Morgan fingerprint density at radius 3 is 2.84 bits per heavy atom. The normalized spacial score (nSPS) is 19.9. The molecule has 1 unspecified atom stereocenters. The third kappa shape index (κ3) is 3.24. The minimum Gasteiger partial charge on any atom is -0.298 e. The Hall–Kier alpha value is -1.61. The van der Waals surface area contributed by atoms with Crippen LogP contribution in [0.25, 0.3) is 0 Å². The van der Waals surface area contributed by atoms with Crippen molar-refractivity contribution in [3.05, 3.63) is 54.4 Å². The fourth-order valence-electron chi connectivity index (χ4n) is 2.94. The molecule has 100 valence electrons. The van der Waals surface area contributed by atoms with Crippen LogP contribution < -0.4 is 0 Å². The number of rotatable bonds is 5. The molecule has 2 aromatic rings. The Balaban J connectivity index is 1.55. The minimum atomic E-state index is 0.656. The lowest BCUT2D eigenvalue weighted by Gasteiger charge is -2.24. The summed E-state index contributed by atoms with van der Waals surface area (Å²) in [6.45, 7) is 3.43. The van der Waals surface area contributed by atoms with Crippen molar-refractivity contribution in [1.82, 2.24) is 14.7 Å². The van der Waals surface area contributed by atoms with Gasteiger partial charge in [0.25, 0.3) is 0 Å². The first-order chi connectivity index (χ1) is 9.42. The van der Waals surface area contributed by atoms with Crippen molar-refractivity contribution in [1.29, 1.82) is 0 Å². The second-order valence-electron chi connectivity index (χ2n) is 5.30. The lowest BCUT2D eigenvalue weighted by atomic mass is 10.1. The fourth-order valence-corrected chi connectivity index (χ4v) is 2.94. The number of hydrogen-bond acceptors (Lipinski definition) is 2. The summed E-state index contributed by atoms with van der Waals surface area (Å²) >= 11 is 0. The van der Waals surface area contributed by atoms with E-state index < -0.39 is 0 Å². The fraction of sp³-hybridized carbons (Fsp3) is 0.438. The Morgan fingerprint density at radius 1 is 1.16 bits per heavy atom. The van der Waals surface area contributed by atoms with Gasteiger partial charge >= 0.3 is 0 Å². The molecule has 0 bridgehead atoms. The van der Waals surface area contributed by atoms with Crippen LogP contribution in [0, 0.1) is 0 Å². The quantitative estimate of drug-likeness (QED) is 0.819. The average Bonchev–Trinajstić information content (AvgIpc) is 3.10. The van der Waals surface area contributed by atoms with Crippen LogP contribution in [0.4, 0.5) is 0 Å². The number of hydrogen-bond donors (Lipinski definition) is 0. The van der Waals surface area contributed by atoms with Gasteiger partial charge in [-0.25, -0.2) is 0 Å². The highest BCUT2D eigenvalue weighted by Gasteiger charge is 2.24. The molecule has 1 fully saturated rings. The summed E-state index contributed by atoms with van der Waals surface area (Å²) in [5.74, 6) is 0. The molecule has 1 aliphatic heterocycles. The number of benzene rings is 1. The molecule has 0 radical (unpaired) electrons. The second kappa shape index (κ2) is 6.02. The topological polar surface area (TPSA) is 21.1 Å². The Bertz CT molecular complexity index is 478. The molecule has 1 saturated heterocycles. The number of nitrogens with zero attached hydrogens (tertiary/aromatic N) is 3. The average molecular weight is 255 g/mol.